The largest absolute Gasteiger partial charge is 0.492 e. The second kappa shape index (κ2) is 8.33. The number of carbonyl (C=O) groups excluding carboxylic acids is 2. The Labute approximate surface area is 140 Å². The predicted octanol–water partition coefficient (Wildman–Crippen LogP) is 1.74. The number of carboxylic acid groups (broad SMARTS) is 1. The average molecular weight is 334 g/mol. The van der Waals surface area contributed by atoms with Gasteiger partial charge < -0.3 is 20.1 Å². The van der Waals surface area contributed by atoms with E-state index in [1.54, 1.807) is 24.3 Å². The van der Waals surface area contributed by atoms with E-state index in [0.717, 1.165) is 0 Å². The highest BCUT2D eigenvalue weighted by molar-refractivity contribution is 6.04. The number of likely N-dealkylation sites (tertiary alicyclic amines) is 1. The van der Waals surface area contributed by atoms with E-state index in [2.05, 4.69) is 5.32 Å². The second-order valence-corrected chi connectivity index (χ2v) is 5.67. The van der Waals surface area contributed by atoms with E-state index in [0.29, 0.717) is 37.4 Å². The summed E-state index contributed by atoms with van der Waals surface area (Å²) in [6.07, 6.45) is 0.886. The minimum Gasteiger partial charge on any atom is -0.492 e. The smallest absolute Gasteiger partial charge is 0.308 e. The lowest BCUT2D eigenvalue weighted by Crippen LogP contribution is -2.43. The molecule has 0 saturated carbocycles. The van der Waals surface area contributed by atoms with E-state index in [4.69, 9.17) is 9.84 Å². The number of aliphatic carboxylic acids is 1. The molecule has 0 bridgehead atoms. The standard InChI is InChI=1S/C17H22N2O5/c1-2-24-14-8-4-3-7-13(14)18-15(20)10-16(21)19-9-5-6-12(11-19)17(22)23/h3-4,7-8,12H,2,5-6,9-11H2,1H3,(H,18,20)(H,22,23)/t12-/m0/s1. The van der Waals surface area contributed by atoms with Crippen molar-refractivity contribution in [1.29, 1.82) is 0 Å². The maximum Gasteiger partial charge on any atom is 0.308 e. The Morgan fingerprint density at radius 1 is 1.33 bits per heavy atom. The van der Waals surface area contributed by atoms with Crippen molar-refractivity contribution < 1.29 is 24.2 Å². The number of ether oxygens (including phenoxy) is 1. The summed E-state index contributed by atoms with van der Waals surface area (Å²) >= 11 is 0. The molecule has 130 valence electrons. The molecule has 0 radical (unpaired) electrons. The van der Waals surface area contributed by atoms with Crippen LogP contribution in [0.2, 0.25) is 0 Å². The van der Waals surface area contributed by atoms with Gasteiger partial charge in [0.25, 0.3) is 0 Å². The fourth-order valence-electron chi connectivity index (χ4n) is 2.70. The monoisotopic (exact) mass is 334 g/mol. The highest BCUT2D eigenvalue weighted by Gasteiger charge is 2.28. The fraction of sp³-hybridized carbons (Fsp3) is 0.471. The number of piperidine rings is 1. The van der Waals surface area contributed by atoms with Gasteiger partial charge in [-0.3, -0.25) is 14.4 Å². The number of anilines is 1. The first-order valence-corrected chi connectivity index (χ1v) is 8.03. The van der Waals surface area contributed by atoms with Crippen LogP contribution in [-0.4, -0.2) is 47.5 Å². The van der Waals surface area contributed by atoms with Crippen molar-refractivity contribution in [3.05, 3.63) is 24.3 Å². The van der Waals surface area contributed by atoms with Crippen LogP contribution in [0.15, 0.2) is 24.3 Å². The van der Waals surface area contributed by atoms with Crippen LogP contribution in [0, 0.1) is 5.92 Å². The van der Waals surface area contributed by atoms with Crippen LogP contribution in [0.3, 0.4) is 0 Å². The van der Waals surface area contributed by atoms with Crippen molar-refractivity contribution in [2.75, 3.05) is 25.0 Å². The molecular formula is C17H22N2O5. The molecule has 0 aromatic heterocycles. The molecule has 7 heteroatoms. The van der Waals surface area contributed by atoms with E-state index in [-0.39, 0.29) is 18.9 Å². The number of hydrogen-bond donors (Lipinski definition) is 2. The summed E-state index contributed by atoms with van der Waals surface area (Å²) in [5, 5.41) is 11.7. The molecule has 1 aliphatic heterocycles. The molecule has 0 spiro atoms. The minimum absolute atomic E-state index is 0.164. The molecule has 24 heavy (non-hydrogen) atoms. The number of amides is 2. The average Bonchev–Trinajstić information content (AvgIpc) is 2.57. The van der Waals surface area contributed by atoms with Crippen LogP contribution in [0.5, 0.6) is 5.75 Å². The van der Waals surface area contributed by atoms with Crippen LogP contribution >= 0.6 is 0 Å². The lowest BCUT2D eigenvalue weighted by atomic mass is 9.98. The third kappa shape index (κ3) is 4.71. The van der Waals surface area contributed by atoms with Gasteiger partial charge in [-0.15, -0.1) is 0 Å². The number of rotatable bonds is 6. The summed E-state index contributed by atoms with van der Waals surface area (Å²) in [5.74, 6) is -1.70. The maximum absolute atomic E-state index is 12.2. The Kier molecular flexibility index (Phi) is 6.17. The van der Waals surface area contributed by atoms with Gasteiger partial charge in [0.05, 0.1) is 18.2 Å². The Balaban J connectivity index is 1.92. The van der Waals surface area contributed by atoms with Gasteiger partial charge in [0.1, 0.15) is 12.2 Å². The molecule has 1 aromatic carbocycles. The number of benzene rings is 1. The molecule has 1 fully saturated rings. The fourth-order valence-corrected chi connectivity index (χ4v) is 2.70. The highest BCUT2D eigenvalue weighted by atomic mass is 16.5. The summed E-state index contributed by atoms with van der Waals surface area (Å²) in [6, 6.07) is 7.01. The summed E-state index contributed by atoms with van der Waals surface area (Å²) in [6.45, 7) is 2.97. The van der Waals surface area contributed by atoms with Crippen LogP contribution in [0.4, 0.5) is 5.69 Å². The van der Waals surface area contributed by atoms with Gasteiger partial charge in [0, 0.05) is 13.1 Å². The minimum atomic E-state index is -0.900. The summed E-state index contributed by atoms with van der Waals surface area (Å²) < 4.78 is 5.42. The van der Waals surface area contributed by atoms with Crippen molar-refractivity contribution >= 4 is 23.5 Å². The molecule has 1 atom stereocenters. The number of nitrogens with one attached hydrogen (secondary N) is 1. The summed E-state index contributed by atoms with van der Waals surface area (Å²) in [4.78, 5) is 36.8. The number of hydrogen-bond acceptors (Lipinski definition) is 4. The van der Waals surface area contributed by atoms with Gasteiger partial charge in [0.15, 0.2) is 0 Å². The normalized spacial score (nSPS) is 17.2. The first-order valence-electron chi connectivity index (χ1n) is 8.03. The first-order chi connectivity index (χ1) is 11.5. The predicted molar refractivity (Wildman–Crippen MR) is 87.8 cm³/mol. The van der Waals surface area contributed by atoms with Gasteiger partial charge in [-0.25, -0.2) is 0 Å². The van der Waals surface area contributed by atoms with Crippen molar-refractivity contribution in [2.45, 2.75) is 26.2 Å². The molecule has 7 nitrogen and oxygen atoms in total. The van der Waals surface area contributed by atoms with Crippen LogP contribution in [0.25, 0.3) is 0 Å². The van der Waals surface area contributed by atoms with Gasteiger partial charge in [-0.05, 0) is 31.9 Å². The zero-order valence-electron chi connectivity index (χ0n) is 13.7. The zero-order valence-corrected chi connectivity index (χ0v) is 13.7. The molecule has 0 aliphatic carbocycles. The quantitative estimate of drug-likeness (QED) is 0.773. The number of nitrogens with zero attached hydrogens (tertiary/aromatic N) is 1. The lowest BCUT2D eigenvalue weighted by molar-refractivity contribution is -0.145. The van der Waals surface area contributed by atoms with Gasteiger partial charge in [0.2, 0.25) is 11.8 Å². The molecule has 1 aliphatic rings. The SMILES string of the molecule is CCOc1ccccc1NC(=O)CC(=O)N1CCC[C@H](C(=O)O)C1. The van der Waals surface area contributed by atoms with Crippen molar-refractivity contribution in [1.82, 2.24) is 4.90 Å². The zero-order chi connectivity index (χ0) is 17.5. The van der Waals surface area contributed by atoms with Gasteiger partial charge in [-0.1, -0.05) is 12.1 Å². The van der Waals surface area contributed by atoms with E-state index >= 15 is 0 Å². The third-order valence-corrected chi connectivity index (χ3v) is 3.90. The maximum atomic E-state index is 12.2. The third-order valence-electron chi connectivity index (χ3n) is 3.90. The van der Waals surface area contributed by atoms with Crippen molar-refractivity contribution in [3.63, 3.8) is 0 Å². The molecule has 2 rings (SSSR count). The Hall–Kier alpha value is -2.57. The second-order valence-electron chi connectivity index (χ2n) is 5.67. The number of carboxylic acids is 1. The van der Waals surface area contributed by atoms with E-state index in [9.17, 15) is 14.4 Å². The first kappa shape index (κ1) is 17.8. The lowest BCUT2D eigenvalue weighted by Gasteiger charge is -2.30. The molecule has 1 saturated heterocycles. The Bertz CT molecular complexity index is 617. The molecule has 0 unspecified atom stereocenters. The van der Waals surface area contributed by atoms with E-state index in [1.165, 1.54) is 4.90 Å². The summed E-state index contributed by atoms with van der Waals surface area (Å²) in [5.41, 5.74) is 0.513. The van der Waals surface area contributed by atoms with E-state index < -0.39 is 17.8 Å². The molecular weight excluding hydrogens is 312 g/mol. The summed E-state index contributed by atoms with van der Waals surface area (Å²) in [7, 11) is 0. The highest BCUT2D eigenvalue weighted by Crippen LogP contribution is 2.24. The van der Waals surface area contributed by atoms with Crippen molar-refractivity contribution in [2.24, 2.45) is 5.92 Å². The number of carbonyl (C=O) groups is 3. The molecule has 2 N–H and O–H groups in total. The Morgan fingerprint density at radius 2 is 2.08 bits per heavy atom. The van der Waals surface area contributed by atoms with Crippen LogP contribution in [-0.2, 0) is 14.4 Å². The van der Waals surface area contributed by atoms with E-state index in [1.807, 2.05) is 6.92 Å². The topological polar surface area (TPSA) is 95.9 Å². The van der Waals surface area contributed by atoms with Crippen molar-refractivity contribution in [3.8, 4) is 5.75 Å². The molecule has 1 aromatic rings. The van der Waals surface area contributed by atoms with Crippen LogP contribution in [0.1, 0.15) is 26.2 Å². The molecule has 1 heterocycles. The van der Waals surface area contributed by atoms with Gasteiger partial charge >= 0.3 is 5.97 Å². The van der Waals surface area contributed by atoms with Crippen LogP contribution < -0.4 is 10.1 Å². The van der Waals surface area contributed by atoms with Gasteiger partial charge in [-0.2, -0.15) is 0 Å². The Morgan fingerprint density at radius 3 is 2.79 bits per heavy atom. The molecule has 2 amide bonds. The number of para-hydroxylation sites is 2.